The third-order valence-electron chi connectivity index (χ3n) is 1.86. The minimum atomic E-state index is -0.741. The van der Waals surface area contributed by atoms with Crippen LogP contribution in [-0.2, 0) is 4.79 Å². The predicted molar refractivity (Wildman–Crippen MR) is 50.0 cm³/mol. The van der Waals surface area contributed by atoms with Crippen molar-refractivity contribution >= 4 is 5.97 Å². The summed E-state index contributed by atoms with van der Waals surface area (Å²) in [5, 5.41) is 8.96. The van der Waals surface area contributed by atoms with Crippen molar-refractivity contribution in [3.8, 4) is 0 Å². The number of hydrogen-bond acceptors (Lipinski definition) is 1. The van der Waals surface area contributed by atoms with Gasteiger partial charge in [0, 0.05) is 0 Å². The van der Waals surface area contributed by atoms with Gasteiger partial charge in [-0.2, -0.15) is 0 Å². The van der Waals surface area contributed by atoms with Gasteiger partial charge in [-0.3, -0.25) is 4.79 Å². The first-order chi connectivity index (χ1) is 5.42. The Balaban J connectivity index is 4.50. The fraction of sp³-hybridized carbons (Fsp3) is 0.700. The van der Waals surface area contributed by atoms with Crippen LogP contribution < -0.4 is 0 Å². The van der Waals surface area contributed by atoms with Crippen LogP contribution in [0.3, 0.4) is 0 Å². The molecule has 0 amide bonds. The highest BCUT2D eigenvalue weighted by Gasteiger charge is 2.30. The van der Waals surface area contributed by atoms with Crippen LogP contribution in [0.4, 0.5) is 0 Å². The minimum Gasteiger partial charge on any atom is -0.481 e. The maximum absolute atomic E-state index is 10.9. The van der Waals surface area contributed by atoms with E-state index in [0.717, 1.165) is 0 Å². The molecule has 2 heteroatoms. The van der Waals surface area contributed by atoms with Gasteiger partial charge < -0.3 is 5.11 Å². The van der Waals surface area contributed by atoms with Gasteiger partial charge in [0.2, 0.25) is 0 Å². The van der Waals surface area contributed by atoms with Crippen LogP contribution in [0.15, 0.2) is 12.2 Å². The molecule has 0 aromatic rings. The van der Waals surface area contributed by atoms with Crippen LogP contribution in [0, 0.1) is 11.3 Å². The molecule has 2 nitrogen and oxygen atoms in total. The van der Waals surface area contributed by atoms with Crippen molar-refractivity contribution in [2.24, 2.45) is 11.3 Å². The largest absolute Gasteiger partial charge is 0.481 e. The van der Waals surface area contributed by atoms with E-state index in [9.17, 15) is 4.79 Å². The second kappa shape index (κ2) is 4.29. The molecule has 0 aliphatic carbocycles. The van der Waals surface area contributed by atoms with Crippen LogP contribution >= 0.6 is 0 Å². The summed E-state index contributed by atoms with van der Waals surface area (Å²) >= 11 is 0. The molecule has 0 fully saturated rings. The molecule has 0 aliphatic heterocycles. The van der Waals surface area contributed by atoms with Gasteiger partial charge in [0.15, 0.2) is 0 Å². The smallest absolute Gasteiger partial charge is 0.313 e. The summed E-state index contributed by atoms with van der Waals surface area (Å²) in [7, 11) is 0. The fourth-order valence-corrected chi connectivity index (χ4v) is 1.44. The lowest BCUT2D eigenvalue weighted by Crippen LogP contribution is -2.26. The van der Waals surface area contributed by atoms with Gasteiger partial charge in [-0.05, 0) is 26.2 Å². The average Bonchev–Trinajstić information content (AvgIpc) is 1.85. The molecule has 0 aromatic heterocycles. The molecule has 12 heavy (non-hydrogen) atoms. The zero-order valence-corrected chi connectivity index (χ0v) is 8.29. The number of allylic oxidation sites excluding steroid dienone is 1. The molecule has 0 spiro atoms. The highest BCUT2D eigenvalue weighted by molar-refractivity contribution is 5.76. The summed E-state index contributed by atoms with van der Waals surface area (Å²) < 4.78 is 0. The fourth-order valence-electron chi connectivity index (χ4n) is 1.44. The first-order valence-corrected chi connectivity index (χ1v) is 4.29. The van der Waals surface area contributed by atoms with E-state index in [2.05, 4.69) is 0 Å². The van der Waals surface area contributed by atoms with Crippen molar-refractivity contribution in [1.29, 1.82) is 0 Å². The van der Waals surface area contributed by atoms with E-state index in [0.29, 0.717) is 12.3 Å². The maximum atomic E-state index is 10.9. The molecule has 0 aromatic carbocycles. The summed E-state index contributed by atoms with van der Waals surface area (Å²) in [6.07, 6.45) is 4.25. The lowest BCUT2D eigenvalue weighted by molar-refractivity contribution is -0.145. The summed E-state index contributed by atoms with van der Waals surface area (Å²) in [6, 6.07) is 0. The normalized spacial score (nSPS) is 16.8. The number of carboxylic acids is 1. The number of aliphatic carboxylic acids is 1. The quantitative estimate of drug-likeness (QED) is 0.659. The van der Waals surface area contributed by atoms with Crippen molar-refractivity contribution in [3.05, 3.63) is 12.2 Å². The molecule has 0 saturated heterocycles. The standard InChI is InChI=1S/C10H18O2/c1-5-6-10(4,9(11)12)7-8(2)3/h5-6,8H,7H2,1-4H3,(H,11,12). The van der Waals surface area contributed by atoms with E-state index in [-0.39, 0.29) is 0 Å². The van der Waals surface area contributed by atoms with Gasteiger partial charge >= 0.3 is 5.97 Å². The third kappa shape index (κ3) is 3.07. The van der Waals surface area contributed by atoms with Crippen LogP contribution in [0.5, 0.6) is 0 Å². The molecule has 0 aliphatic rings. The van der Waals surface area contributed by atoms with Gasteiger partial charge in [0.05, 0.1) is 5.41 Å². The van der Waals surface area contributed by atoms with E-state index in [1.807, 2.05) is 20.8 Å². The van der Waals surface area contributed by atoms with Crippen molar-refractivity contribution < 1.29 is 9.90 Å². The molecule has 1 atom stereocenters. The molecular formula is C10H18O2. The first kappa shape index (κ1) is 11.2. The molecule has 0 heterocycles. The number of carboxylic acid groups (broad SMARTS) is 1. The van der Waals surface area contributed by atoms with Gasteiger partial charge in [-0.15, -0.1) is 0 Å². The van der Waals surface area contributed by atoms with Gasteiger partial charge in [0.1, 0.15) is 0 Å². The van der Waals surface area contributed by atoms with Crippen LogP contribution in [0.2, 0.25) is 0 Å². The Morgan fingerprint density at radius 1 is 1.58 bits per heavy atom. The highest BCUT2D eigenvalue weighted by atomic mass is 16.4. The Morgan fingerprint density at radius 2 is 2.08 bits per heavy atom. The second-order valence-electron chi connectivity index (χ2n) is 3.82. The van der Waals surface area contributed by atoms with E-state index < -0.39 is 11.4 Å². The topological polar surface area (TPSA) is 37.3 Å². The molecule has 1 N–H and O–H groups in total. The number of rotatable bonds is 4. The highest BCUT2D eigenvalue weighted by Crippen LogP contribution is 2.27. The Bertz CT molecular complexity index is 182. The predicted octanol–water partition coefficient (Wildman–Crippen LogP) is 2.70. The van der Waals surface area contributed by atoms with Crippen LogP contribution in [0.25, 0.3) is 0 Å². The molecule has 0 saturated carbocycles. The summed E-state index contributed by atoms with van der Waals surface area (Å²) in [6.45, 7) is 7.67. The monoisotopic (exact) mass is 170 g/mol. The first-order valence-electron chi connectivity index (χ1n) is 4.29. The van der Waals surface area contributed by atoms with Crippen molar-refractivity contribution in [1.82, 2.24) is 0 Å². The average molecular weight is 170 g/mol. The van der Waals surface area contributed by atoms with Crippen LogP contribution in [0.1, 0.15) is 34.1 Å². The van der Waals surface area contributed by atoms with E-state index in [4.69, 9.17) is 5.11 Å². The Kier molecular flexibility index (Phi) is 4.01. The van der Waals surface area contributed by atoms with Gasteiger partial charge in [-0.25, -0.2) is 0 Å². The van der Waals surface area contributed by atoms with Gasteiger partial charge in [0.25, 0.3) is 0 Å². The number of hydrogen-bond donors (Lipinski definition) is 1. The second-order valence-corrected chi connectivity index (χ2v) is 3.82. The molecule has 0 rings (SSSR count). The summed E-state index contributed by atoms with van der Waals surface area (Å²) in [4.78, 5) is 10.9. The maximum Gasteiger partial charge on any atom is 0.313 e. The molecule has 0 bridgehead atoms. The molecule has 70 valence electrons. The van der Waals surface area contributed by atoms with E-state index >= 15 is 0 Å². The number of carbonyl (C=O) groups is 1. The lowest BCUT2D eigenvalue weighted by Gasteiger charge is -2.22. The van der Waals surface area contributed by atoms with Crippen molar-refractivity contribution in [2.45, 2.75) is 34.1 Å². The minimum absolute atomic E-state index is 0.405. The lowest BCUT2D eigenvalue weighted by atomic mass is 9.82. The molecule has 0 radical (unpaired) electrons. The Hall–Kier alpha value is -0.790. The molecule has 1 unspecified atom stereocenters. The van der Waals surface area contributed by atoms with Crippen molar-refractivity contribution in [2.75, 3.05) is 0 Å². The van der Waals surface area contributed by atoms with Crippen LogP contribution in [-0.4, -0.2) is 11.1 Å². The Labute approximate surface area is 74.3 Å². The zero-order valence-electron chi connectivity index (χ0n) is 8.29. The third-order valence-corrected chi connectivity index (χ3v) is 1.86. The zero-order chi connectivity index (χ0) is 9.78. The van der Waals surface area contributed by atoms with Gasteiger partial charge in [-0.1, -0.05) is 26.0 Å². The Morgan fingerprint density at radius 3 is 2.33 bits per heavy atom. The molecular weight excluding hydrogens is 152 g/mol. The summed E-state index contributed by atoms with van der Waals surface area (Å²) in [5.41, 5.74) is -0.692. The SMILES string of the molecule is CC=CC(C)(CC(C)C)C(=O)O. The van der Waals surface area contributed by atoms with Crippen molar-refractivity contribution in [3.63, 3.8) is 0 Å². The summed E-state index contributed by atoms with van der Waals surface area (Å²) in [5.74, 6) is -0.336. The van der Waals surface area contributed by atoms with E-state index in [1.54, 1.807) is 19.1 Å². The van der Waals surface area contributed by atoms with E-state index in [1.165, 1.54) is 0 Å².